The zero-order valence-electron chi connectivity index (χ0n) is 18.2. The number of ether oxygens (including phenoxy) is 1. The van der Waals surface area contributed by atoms with Crippen molar-refractivity contribution in [3.05, 3.63) is 70.8 Å². The number of carbonyl (C=O) groups excluding carboxylic acids is 4. The number of nitrogens with one attached hydrogen (secondary N) is 1. The van der Waals surface area contributed by atoms with Crippen molar-refractivity contribution in [1.82, 2.24) is 0 Å². The fraction of sp³-hybridized carbons (Fsp3) is 0.280. The Kier molecular flexibility index (Phi) is 6.33. The van der Waals surface area contributed by atoms with Gasteiger partial charge in [0.05, 0.1) is 23.1 Å². The quantitative estimate of drug-likeness (QED) is 0.406. The van der Waals surface area contributed by atoms with E-state index in [4.69, 9.17) is 16.3 Å². The van der Waals surface area contributed by atoms with E-state index in [0.717, 1.165) is 5.56 Å². The topological polar surface area (TPSA) is 92.8 Å². The van der Waals surface area contributed by atoms with Crippen LogP contribution in [0.25, 0.3) is 0 Å². The predicted molar refractivity (Wildman–Crippen MR) is 124 cm³/mol. The largest absolute Gasteiger partial charge is 0.452 e. The number of rotatable bonds is 5. The molecule has 0 bridgehead atoms. The standard InChI is InChI=1S/C25H23ClN2O5/c1-14-6-9-17(26)12-20(14)27-21(29)13-33-25(32)16-7-10-18(11-8-16)28-23(30)19-5-3-4-15(2)22(19)24(28)31/h3-4,6-12,15,19,22H,5,13H2,1-2H3,(H,27,29)/t15-,19+,22-/m0/s1. The molecule has 0 unspecified atom stereocenters. The van der Waals surface area contributed by atoms with Crippen LogP contribution in [-0.2, 0) is 19.1 Å². The number of aryl methyl sites for hydroxylation is 1. The third kappa shape index (κ3) is 4.54. The van der Waals surface area contributed by atoms with Gasteiger partial charge in [-0.1, -0.05) is 36.7 Å². The smallest absolute Gasteiger partial charge is 0.338 e. The molecule has 33 heavy (non-hydrogen) atoms. The number of benzene rings is 2. The molecule has 2 aliphatic rings. The Morgan fingerprint density at radius 1 is 1.12 bits per heavy atom. The molecule has 8 heteroatoms. The van der Waals surface area contributed by atoms with Gasteiger partial charge in [0.15, 0.2) is 6.61 Å². The molecule has 1 heterocycles. The van der Waals surface area contributed by atoms with Gasteiger partial charge in [-0.25, -0.2) is 4.79 Å². The van der Waals surface area contributed by atoms with Gasteiger partial charge in [-0.3, -0.25) is 19.3 Å². The summed E-state index contributed by atoms with van der Waals surface area (Å²) >= 11 is 5.94. The van der Waals surface area contributed by atoms with Crippen LogP contribution >= 0.6 is 11.6 Å². The lowest BCUT2D eigenvalue weighted by atomic mass is 9.78. The number of anilines is 2. The summed E-state index contributed by atoms with van der Waals surface area (Å²) in [7, 11) is 0. The second kappa shape index (κ2) is 9.19. The molecule has 0 radical (unpaired) electrons. The van der Waals surface area contributed by atoms with Crippen molar-refractivity contribution < 1.29 is 23.9 Å². The monoisotopic (exact) mass is 466 g/mol. The van der Waals surface area contributed by atoms with Gasteiger partial charge < -0.3 is 10.1 Å². The van der Waals surface area contributed by atoms with Crippen LogP contribution < -0.4 is 10.2 Å². The second-order valence-electron chi connectivity index (χ2n) is 8.30. The van der Waals surface area contributed by atoms with Gasteiger partial charge in [-0.2, -0.15) is 0 Å². The van der Waals surface area contributed by atoms with Crippen LogP contribution in [0.2, 0.25) is 5.02 Å². The van der Waals surface area contributed by atoms with Crippen LogP contribution in [0.4, 0.5) is 11.4 Å². The van der Waals surface area contributed by atoms with Crippen LogP contribution in [0.5, 0.6) is 0 Å². The fourth-order valence-electron chi connectivity index (χ4n) is 4.28. The second-order valence-corrected chi connectivity index (χ2v) is 8.73. The predicted octanol–water partition coefficient (Wildman–Crippen LogP) is 4.15. The Hall–Kier alpha value is -3.45. The number of hydrogen-bond acceptors (Lipinski definition) is 5. The number of imide groups is 1. The van der Waals surface area contributed by atoms with E-state index in [1.54, 1.807) is 18.2 Å². The van der Waals surface area contributed by atoms with Gasteiger partial charge in [0.25, 0.3) is 5.91 Å². The molecule has 2 aromatic carbocycles. The molecule has 170 valence electrons. The summed E-state index contributed by atoms with van der Waals surface area (Å²) in [4.78, 5) is 51.4. The van der Waals surface area contributed by atoms with Crippen molar-refractivity contribution in [1.29, 1.82) is 0 Å². The molecular weight excluding hydrogens is 444 g/mol. The molecule has 1 fully saturated rings. The number of halogens is 1. The van der Waals surface area contributed by atoms with E-state index in [0.29, 0.717) is 22.8 Å². The minimum Gasteiger partial charge on any atom is -0.452 e. The maximum Gasteiger partial charge on any atom is 0.338 e. The van der Waals surface area contributed by atoms with E-state index in [1.165, 1.54) is 29.2 Å². The fourth-order valence-corrected chi connectivity index (χ4v) is 4.45. The summed E-state index contributed by atoms with van der Waals surface area (Å²) in [5.74, 6) is -2.32. The van der Waals surface area contributed by atoms with Crippen LogP contribution in [0, 0.1) is 24.7 Å². The third-order valence-corrected chi connectivity index (χ3v) is 6.28. The van der Waals surface area contributed by atoms with Crippen molar-refractivity contribution in [2.24, 2.45) is 17.8 Å². The number of nitrogens with zero attached hydrogens (tertiary/aromatic N) is 1. The average molecular weight is 467 g/mol. The van der Waals surface area contributed by atoms with Crippen molar-refractivity contribution >= 4 is 46.7 Å². The Bertz CT molecular complexity index is 1160. The first kappa shape index (κ1) is 22.7. The molecule has 1 saturated heterocycles. The van der Waals surface area contributed by atoms with Crippen LogP contribution in [0.15, 0.2) is 54.6 Å². The Balaban J connectivity index is 1.38. The van der Waals surface area contributed by atoms with Crippen LogP contribution in [0.1, 0.15) is 29.3 Å². The van der Waals surface area contributed by atoms with Crippen molar-refractivity contribution in [3.63, 3.8) is 0 Å². The first-order chi connectivity index (χ1) is 15.8. The Morgan fingerprint density at radius 3 is 2.55 bits per heavy atom. The minimum absolute atomic E-state index is 0.00120. The molecule has 2 aromatic rings. The number of fused-ring (bicyclic) bond motifs is 1. The highest BCUT2D eigenvalue weighted by Crippen LogP contribution is 2.40. The molecule has 1 aliphatic carbocycles. The SMILES string of the molecule is Cc1ccc(Cl)cc1NC(=O)COC(=O)c1ccc(N2C(=O)[C@H]3[C@@H](C)C=CC[C@H]3C2=O)cc1. The average Bonchev–Trinajstić information content (AvgIpc) is 3.05. The van der Waals surface area contributed by atoms with Crippen molar-refractivity contribution in [2.45, 2.75) is 20.3 Å². The lowest BCUT2D eigenvalue weighted by molar-refractivity contribution is -0.123. The van der Waals surface area contributed by atoms with Gasteiger partial charge in [-0.05, 0) is 61.2 Å². The molecule has 1 aliphatic heterocycles. The molecule has 0 aromatic heterocycles. The molecule has 7 nitrogen and oxygen atoms in total. The zero-order valence-corrected chi connectivity index (χ0v) is 19.0. The maximum atomic E-state index is 12.9. The minimum atomic E-state index is -0.690. The lowest BCUT2D eigenvalue weighted by Gasteiger charge is -2.22. The molecule has 3 atom stereocenters. The number of esters is 1. The number of hydrogen-bond donors (Lipinski definition) is 1. The normalized spacial score (nSPS) is 21.7. The molecule has 0 saturated carbocycles. The van der Waals surface area contributed by atoms with E-state index in [2.05, 4.69) is 5.32 Å². The highest BCUT2D eigenvalue weighted by atomic mass is 35.5. The Morgan fingerprint density at radius 2 is 1.85 bits per heavy atom. The molecule has 1 N–H and O–H groups in total. The third-order valence-electron chi connectivity index (χ3n) is 6.04. The summed E-state index contributed by atoms with van der Waals surface area (Å²) in [5, 5.41) is 3.13. The van der Waals surface area contributed by atoms with Gasteiger partial charge in [-0.15, -0.1) is 0 Å². The highest BCUT2D eigenvalue weighted by molar-refractivity contribution is 6.31. The summed E-state index contributed by atoms with van der Waals surface area (Å²) in [6.07, 6.45) is 4.47. The summed E-state index contributed by atoms with van der Waals surface area (Å²) < 4.78 is 5.09. The number of allylic oxidation sites excluding steroid dienone is 2. The summed E-state index contributed by atoms with van der Waals surface area (Å²) in [6, 6.07) is 11.1. The van der Waals surface area contributed by atoms with E-state index < -0.39 is 18.5 Å². The summed E-state index contributed by atoms with van der Waals surface area (Å²) in [6.45, 7) is 3.29. The van der Waals surface area contributed by atoms with Gasteiger partial charge in [0, 0.05) is 10.7 Å². The maximum absolute atomic E-state index is 12.9. The number of carbonyl (C=O) groups is 4. The first-order valence-electron chi connectivity index (χ1n) is 10.6. The van der Waals surface area contributed by atoms with Crippen molar-refractivity contribution in [2.75, 3.05) is 16.8 Å². The van der Waals surface area contributed by atoms with E-state index >= 15 is 0 Å². The van der Waals surface area contributed by atoms with Gasteiger partial charge in [0.1, 0.15) is 0 Å². The molecular formula is C25H23ClN2O5. The molecule has 0 spiro atoms. The Labute approximate surface area is 196 Å². The lowest BCUT2D eigenvalue weighted by Crippen LogP contribution is -2.31. The van der Waals surface area contributed by atoms with Crippen LogP contribution in [-0.4, -0.2) is 30.3 Å². The van der Waals surface area contributed by atoms with Crippen molar-refractivity contribution in [3.8, 4) is 0 Å². The van der Waals surface area contributed by atoms with E-state index in [1.807, 2.05) is 26.0 Å². The van der Waals surface area contributed by atoms with E-state index in [-0.39, 0.29) is 35.1 Å². The molecule has 4 rings (SSSR count). The zero-order chi connectivity index (χ0) is 23.7. The highest BCUT2D eigenvalue weighted by Gasteiger charge is 2.50. The van der Waals surface area contributed by atoms with Crippen LogP contribution in [0.3, 0.4) is 0 Å². The van der Waals surface area contributed by atoms with Gasteiger partial charge >= 0.3 is 5.97 Å². The van der Waals surface area contributed by atoms with Gasteiger partial charge in [0.2, 0.25) is 11.8 Å². The van der Waals surface area contributed by atoms with E-state index in [9.17, 15) is 19.2 Å². The first-order valence-corrected chi connectivity index (χ1v) is 11.0. The summed E-state index contributed by atoms with van der Waals surface area (Å²) in [5.41, 5.74) is 1.98. The number of amides is 3. The molecule has 3 amide bonds.